The van der Waals surface area contributed by atoms with Crippen LogP contribution in [0.25, 0.3) is 0 Å². The minimum absolute atomic E-state index is 0.0196. The van der Waals surface area contributed by atoms with Gasteiger partial charge in [-0.05, 0) is 29.7 Å². The minimum atomic E-state index is -3.42. The number of hydrogen-bond donors (Lipinski definition) is 2. The number of rotatable bonds is 3. The van der Waals surface area contributed by atoms with Gasteiger partial charge in [-0.1, -0.05) is 44.2 Å². The molecule has 8 heteroatoms. The average Bonchev–Trinajstić information content (AvgIpc) is 2.54. The highest BCUT2D eigenvalue weighted by atomic mass is 35.5. The highest BCUT2D eigenvalue weighted by Gasteiger charge is 2.24. The molecule has 0 aliphatic rings. The first-order valence-corrected chi connectivity index (χ1v) is 10.6. The Hall–Kier alpha value is -2.43. The zero-order chi connectivity index (χ0) is 21.3. The van der Waals surface area contributed by atoms with Gasteiger partial charge in [0.1, 0.15) is 11.3 Å². The molecule has 0 atom stereocenters. The van der Waals surface area contributed by atoms with Crippen LogP contribution in [-0.2, 0) is 15.4 Å². The molecule has 2 rings (SSSR count). The van der Waals surface area contributed by atoms with E-state index in [1.807, 2.05) is 20.8 Å². The normalized spacial score (nSPS) is 11.5. The number of hydrogen-bond acceptors (Lipinski definition) is 4. The molecule has 0 bridgehead atoms. The quantitative estimate of drug-likeness (QED) is 0.573. The fraction of sp³-hybridized carbons (Fsp3) is 0.300. The van der Waals surface area contributed by atoms with Gasteiger partial charge in [-0.15, -0.1) is 0 Å². The third kappa shape index (κ3) is 5.09. The summed E-state index contributed by atoms with van der Waals surface area (Å²) in [6.07, 6.45) is 1.04. The number of methoxy groups -OCH3 is 1. The number of nitrogens with two attached hydrogens (primary N) is 1. The van der Waals surface area contributed by atoms with Gasteiger partial charge in [0, 0.05) is 11.1 Å². The van der Waals surface area contributed by atoms with E-state index in [9.17, 15) is 12.8 Å². The molecule has 0 amide bonds. The van der Waals surface area contributed by atoms with Crippen molar-refractivity contribution in [2.24, 2.45) is 0 Å². The monoisotopic (exact) mass is 424 g/mol. The van der Waals surface area contributed by atoms with E-state index < -0.39 is 15.8 Å². The van der Waals surface area contributed by atoms with Crippen molar-refractivity contribution in [3.8, 4) is 17.6 Å². The lowest BCUT2D eigenvalue weighted by molar-refractivity contribution is 0.393. The topological polar surface area (TPSA) is 81.4 Å². The first kappa shape index (κ1) is 21.9. The predicted molar refractivity (Wildman–Crippen MR) is 112 cm³/mol. The molecule has 0 aliphatic carbocycles. The number of anilines is 2. The standard InChI is InChI=1S/C20H22ClFN2O3S/c1-20(2,3)15-11-17(23)18(22)14(19(15)27-4)9-7-12-6-8-13(10-16(12)21)24-28(5,25)26/h6,8,10-11,24H,23H2,1-5H3. The molecular formula is C20H22ClFN2O3S. The van der Waals surface area contributed by atoms with Crippen LogP contribution in [0.5, 0.6) is 5.75 Å². The number of sulfonamides is 1. The summed E-state index contributed by atoms with van der Waals surface area (Å²) in [4.78, 5) is 0. The number of halogens is 2. The van der Waals surface area contributed by atoms with Crippen LogP contribution in [0.15, 0.2) is 24.3 Å². The second kappa shape index (κ2) is 7.90. The van der Waals surface area contributed by atoms with Crippen molar-refractivity contribution in [1.82, 2.24) is 0 Å². The molecule has 5 nitrogen and oxygen atoms in total. The maximum Gasteiger partial charge on any atom is 0.229 e. The van der Waals surface area contributed by atoms with Gasteiger partial charge in [-0.2, -0.15) is 0 Å². The van der Waals surface area contributed by atoms with E-state index in [1.54, 1.807) is 12.1 Å². The lowest BCUT2D eigenvalue weighted by Gasteiger charge is -2.24. The molecule has 150 valence electrons. The zero-order valence-corrected chi connectivity index (χ0v) is 17.8. The summed E-state index contributed by atoms with van der Waals surface area (Å²) in [5, 5.41) is 0.223. The third-order valence-corrected chi connectivity index (χ3v) is 4.77. The average molecular weight is 425 g/mol. The minimum Gasteiger partial charge on any atom is -0.495 e. The van der Waals surface area contributed by atoms with Gasteiger partial charge in [0.05, 0.1) is 29.8 Å². The number of nitrogens with one attached hydrogen (secondary N) is 1. The van der Waals surface area contributed by atoms with Crippen molar-refractivity contribution in [3.05, 3.63) is 51.8 Å². The van der Waals surface area contributed by atoms with E-state index in [-0.39, 0.29) is 21.7 Å². The molecular weight excluding hydrogens is 403 g/mol. The van der Waals surface area contributed by atoms with Gasteiger partial charge in [0.25, 0.3) is 0 Å². The number of benzene rings is 2. The molecule has 2 aromatic rings. The van der Waals surface area contributed by atoms with Crippen molar-refractivity contribution in [1.29, 1.82) is 0 Å². The fourth-order valence-electron chi connectivity index (χ4n) is 2.57. The zero-order valence-electron chi connectivity index (χ0n) is 16.3. The summed E-state index contributed by atoms with van der Waals surface area (Å²) in [5.74, 6) is 5.22. The second-order valence-corrected chi connectivity index (χ2v) is 9.46. The predicted octanol–water partition coefficient (Wildman–Crippen LogP) is 4.14. The number of nitrogen functional groups attached to an aromatic ring is 1. The molecule has 0 unspecified atom stereocenters. The third-order valence-electron chi connectivity index (χ3n) is 3.85. The molecule has 0 spiro atoms. The van der Waals surface area contributed by atoms with Crippen molar-refractivity contribution in [2.45, 2.75) is 26.2 Å². The summed E-state index contributed by atoms with van der Waals surface area (Å²) < 4.78 is 45.0. The molecule has 3 N–H and O–H groups in total. The Bertz CT molecular complexity index is 1080. The summed E-state index contributed by atoms with van der Waals surface area (Å²) in [6.45, 7) is 5.89. The van der Waals surface area contributed by atoms with E-state index in [0.29, 0.717) is 17.0 Å². The van der Waals surface area contributed by atoms with Crippen LogP contribution in [0.1, 0.15) is 37.5 Å². The summed E-state index contributed by atoms with van der Waals surface area (Å²) in [7, 11) is -1.98. The van der Waals surface area contributed by atoms with Gasteiger partial charge in [-0.3, -0.25) is 4.72 Å². The van der Waals surface area contributed by atoms with Crippen molar-refractivity contribution in [2.75, 3.05) is 23.8 Å². The van der Waals surface area contributed by atoms with Crippen molar-refractivity contribution >= 4 is 33.0 Å². The van der Waals surface area contributed by atoms with E-state index in [2.05, 4.69) is 16.6 Å². The Morgan fingerprint density at radius 3 is 2.36 bits per heavy atom. The van der Waals surface area contributed by atoms with Gasteiger partial charge in [0.2, 0.25) is 10.0 Å². The fourth-order valence-corrected chi connectivity index (χ4v) is 3.35. The van der Waals surface area contributed by atoms with Crippen LogP contribution in [0.2, 0.25) is 5.02 Å². The first-order chi connectivity index (χ1) is 12.8. The van der Waals surface area contributed by atoms with Crippen LogP contribution in [0.4, 0.5) is 15.8 Å². The summed E-state index contributed by atoms with van der Waals surface area (Å²) >= 11 is 6.19. The molecule has 2 aromatic carbocycles. The van der Waals surface area contributed by atoms with E-state index in [1.165, 1.54) is 19.2 Å². The van der Waals surface area contributed by atoms with E-state index in [4.69, 9.17) is 22.1 Å². The highest BCUT2D eigenvalue weighted by molar-refractivity contribution is 7.92. The van der Waals surface area contributed by atoms with Gasteiger partial charge in [0.15, 0.2) is 5.82 Å². The molecule has 0 saturated heterocycles. The molecule has 0 radical (unpaired) electrons. The smallest absolute Gasteiger partial charge is 0.229 e. The maximum atomic E-state index is 14.7. The Kier molecular flexibility index (Phi) is 6.17. The summed E-state index contributed by atoms with van der Waals surface area (Å²) in [5.41, 5.74) is 6.96. The molecule has 0 heterocycles. The van der Waals surface area contributed by atoms with Crippen LogP contribution >= 0.6 is 11.6 Å². The van der Waals surface area contributed by atoms with Crippen LogP contribution in [0.3, 0.4) is 0 Å². The maximum absolute atomic E-state index is 14.7. The van der Waals surface area contributed by atoms with Gasteiger partial charge >= 0.3 is 0 Å². The molecule has 28 heavy (non-hydrogen) atoms. The van der Waals surface area contributed by atoms with Crippen LogP contribution < -0.4 is 15.2 Å². The molecule has 0 aliphatic heterocycles. The SMILES string of the molecule is COc1c(C(C)(C)C)cc(N)c(F)c1C#Cc1ccc(NS(C)(=O)=O)cc1Cl. The molecule has 0 fully saturated rings. The Morgan fingerprint density at radius 1 is 1.21 bits per heavy atom. The van der Waals surface area contributed by atoms with Gasteiger partial charge < -0.3 is 10.5 Å². The van der Waals surface area contributed by atoms with E-state index in [0.717, 1.165) is 11.8 Å². The Balaban J connectivity index is 2.56. The number of ether oxygens (including phenoxy) is 1. The first-order valence-electron chi connectivity index (χ1n) is 8.29. The molecule has 0 aromatic heterocycles. The van der Waals surface area contributed by atoms with Crippen LogP contribution in [-0.4, -0.2) is 21.8 Å². The largest absolute Gasteiger partial charge is 0.495 e. The lowest BCUT2D eigenvalue weighted by Crippen LogP contribution is -2.15. The summed E-state index contributed by atoms with van der Waals surface area (Å²) in [6, 6.07) is 6.05. The molecule has 0 saturated carbocycles. The van der Waals surface area contributed by atoms with Gasteiger partial charge in [-0.25, -0.2) is 12.8 Å². The van der Waals surface area contributed by atoms with Crippen molar-refractivity contribution < 1.29 is 17.5 Å². The van der Waals surface area contributed by atoms with Crippen molar-refractivity contribution in [3.63, 3.8) is 0 Å². The second-order valence-electron chi connectivity index (χ2n) is 7.30. The van der Waals surface area contributed by atoms with E-state index >= 15 is 0 Å². The Morgan fingerprint density at radius 2 is 1.86 bits per heavy atom. The Labute approximate surface area is 170 Å². The van der Waals surface area contributed by atoms with Crippen LogP contribution in [0, 0.1) is 17.7 Å². The lowest BCUT2D eigenvalue weighted by atomic mass is 9.84. The highest BCUT2D eigenvalue weighted by Crippen LogP contribution is 2.37.